The maximum absolute atomic E-state index is 10.5. The van der Waals surface area contributed by atoms with E-state index in [1.54, 1.807) is 0 Å². The van der Waals surface area contributed by atoms with Gasteiger partial charge in [0.2, 0.25) is 0 Å². The van der Waals surface area contributed by atoms with Crippen molar-refractivity contribution >= 4 is 0 Å². The summed E-state index contributed by atoms with van der Waals surface area (Å²) in [6.45, 7) is 6.61. The van der Waals surface area contributed by atoms with Gasteiger partial charge in [-0.25, -0.2) is 0 Å². The summed E-state index contributed by atoms with van der Waals surface area (Å²) >= 11 is 0. The molecule has 1 rings (SSSR count). The van der Waals surface area contributed by atoms with Gasteiger partial charge >= 0.3 is 0 Å². The number of unbranched alkanes of at least 4 members (excludes halogenated alkanes) is 1. The van der Waals surface area contributed by atoms with Crippen LogP contribution in [0.1, 0.15) is 58.4 Å². The van der Waals surface area contributed by atoms with Gasteiger partial charge in [-0.1, -0.05) is 70.4 Å². The first-order valence-corrected chi connectivity index (χ1v) is 7.91. The highest BCUT2D eigenvalue weighted by molar-refractivity contribution is 5.14. The molecule has 0 spiro atoms. The molecule has 19 heavy (non-hydrogen) atoms. The lowest BCUT2D eigenvalue weighted by molar-refractivity contribution is 0.0472. The third kappa shape index (κ3) is 5.78. The first-order valence-electron chi connectivity index (χ1n) is 7.91. The highest BCUT2D eigenvalue weighted by Crippen LogP contribution is 2.25. The minimum absolute atomic E-state index is 0.139. The second-order valence-corrected chi connectivity index (χ2v) is 5.80. The minimum atomic E-state index is -0.139. The Hall–Kier alpha value is -0.820. The van der Waals surface area contributed by atoms with Crippen LogP contribution < -0.4 is 0 Å². The topological polar surface area (TPSA) is 20.2 Å². The van der Waals surface area contributed by atoms with Crippen LogP contribution in [0.2, 0.25) is 0 Å². The molecule has 0 radical (unpaired) electrons. The third-order valence-electron chi connectivity index (χ3n) is 4.25. The van der Waals surface area contributed by atoms with E-state index in [-0.39, 0.29) is 6.10 Å². The van der Waals surface area contributed by atoms with Crippen molar-refractivity contribution in [2.75, 3.05) is 0 Å². The van der Waals surface area contributed by atoms with Crippen LogP contribution in [0.4, 0.5) is 0 Å². The molecule has 108 valence electrons. The number of hydrogen-bond donors (Lipinski definition) is 1. The van der Waals surface area contributed by atoms with Crippen LogP contribution in [-0.4, -0.2) is 11.2 Å². The number of rotatable bonds is 9. The van der Waals surface area contributed by atoms with Gasteiger partial charge < -0.3 is 5.11 Å². The fourth-order valence-electron chi connectivity index (χ4n) is 2.77. The van der Waals surface area contributed by atoms with Crippen molar-refractivity contribution in [2.24, 2.45) is 11.8 Å². The van der Waals surface area contributed by atoms with Gasteiger partial charge in [0, 0.05) is 0 Å². The SMILES string of the molecule is CCCCC(C)C(O)C(CC)CCc1ccccc1. The van der Waals surface area contributed by atoms with Crippen molar-refractivity contribution in [1.29, 1.82) is 0 Å². The van der Waals surface area contributed by atoms with Crippen LogP contribution >= 0.6 is 0 Å². The first kappa shape index (κ1) is 16.2. The molecular weight excluding hydrogens is 232 g/mol. The van der Waals surface area contributed by atoms with Crippen molar-refractivity contribution in [3.05, 3.63) is 35.9 Å². The summed E-state index contributed by atoms with van der Waals surface area (Å²) in [6.07, 6.45) is 6.71. The molecule has 0 aliphatic heterocycles. The Morgan fingerprint density at radius 2 is 1.74 bits per heavy atom. The van der Waals surface area contributed by atoms with Crippen LogP contribution in [0, 0.1) is 11.8 Å². The maximum Gasteiger partial charge on any atom is 0.0593 e. The van der Waals surface area contributed by atoms with Crippen LogP contribution in [0.15, 0.2) is 30.3 Å². The summed E-state index contributed by atoms with van der Waals surface area (Å²) in [5.41, 5.74) is 1.38. The second-order valence-electron chi connectivity index (χ2n) is 5.80. The van der Waals surface area contributed by atoms with E-state index in [9.17, 15) is 5.11 Å². The number of aliphatic hydroxyl groups excluding tert-OH is 1. The standard InChI is InChI=1S/C18H30O/c1-4-6-10-15(3)18(19)17(5-2)14-13-16-11-8-7-9-12-16/h7-9,11-12,15,17-19H,4-6,10,13-14H2,1-3H3. The molecular formula is C18H30O. The minimum Gasteiger partial charge on any atom is -0.393 e. The van der Waals surface area contributed by atoms with Crippen LogP contribution in [0.5, 0.6) is 0 Å². The lowest BCUT2D eigenvalue weighted by atomic mass is 9.84. The van der Waals surface area contributed by atoms with E-state index in [4.69, 9.17) is 0 Å². The number of hydrogen-bond acceptors (Lipinski definition) is 1. The summed E-state index contributed by atoms with van der Waals surface area (Å²) in [7, 11) is 0. The lowest BCUT2D eigenvalue weighted by Crippen LogP contribution is -2.27. The van der Waals surface area contributed by atoms with E-state index in [1.807, 2.05) is 0 Å². The molecule has 1 nitrogen and oxygen atoms in total. The molecule has 0 saturated carbocycles. The van der Waals surface area contributed by atoms with E-state index in [0.29, 0.717) is 11.8 Å². The Morgan fingerprint density at radius 3 is 2.32 bits per heavy atom. The van der Waals surface area contributed by atoms with Crippen LogP contribution in [-0.2, 0) is 6.42 Å². The van der Waals surface area contributed by atoms with Gasteiger partial charge in [-0.05, 0) is 36.7 Å². The average Bonchev–Trinajstić information content (AvgIpc) is 2.46. The van der Waals surface area contributed by atoms with Gasteiger partial charge in [-0.3, -0.25) is 0 Å². The number of aryl methyl sites for hydroxylation is 1. The van der Waals surface area contributed by atoms with E-state index < -0.39 is 0 Å². The number of benzene rings is 1. The Kier molecular flexibility index (Phi) is 7.81. The zero-order valence-electron chi connectivity index (χ0n) is 12.8. The van der Waals surface area contributed by atoms with E-state index in [1.165, 1.54) is 18.4 Å². The second kappa shape index (κ2) is 9.14. The molecule has 1 aromatic rings. The zero-order chi connectivity index (χ0) is 14.1. The van der Waals surface area contributed by atoms with Gasteiger partial charge in [-0.15, -0.1) is 0 Å². The molecule has 0 amide bonds. The predicted molar refractivity (Wildman–Crippen MR) is 83.2 cm³/mol. The molecule has 1 heteroatoms. The molecule has 0 saturated heterocycles. The van der Waals surface area contributed by atoms with Crippen molar-refractivity contribution in [3.63, 3.8) is 0 Å². The van der Waals surface area contributed by atoms with Gasteiger partial charge in [0.1, 0.15) is 0 Å². The summed E-state index contributed by atoms with van der Waals surface area (Å²) in [5, 5.41) is 10.5. The Balaban J connectivity index is 2.43. The Morgan fingerprint density at radius 1 is 1.05 bits per heavy atom. The Bertz CT molecular complexity index is 320. The predicted octanol–water partition coefficient (Wildman–Crippen LogP) is 4.83. The molecule has 1 N–H and O–H groups in total. The van der Waals surface area contributed by atoms with Crippen molar-refractivity contribution in [2.45, 2.75) is 65.4 Å². The first-order chi connectivity index (χ1) is 9.19. The molecule has 1 aromatic carbocycles. The highest BCUT2D eigenvalue weighted by atomic mass is 16.3. The summed E-state index contributed by atoms with van der Waals surface area (Å²) in [5.74, 6) is 0.868. The van der Waals surface area contributed by atoms with Gasteiger partial charge in [0.15, 0.2) is 0 Å². The molecule has 0 aromatic heterocycles. The summed E-state index contributed by atoms with van der Waals surface area (Å²) in [6, 6.07) is 10.6. The molecule has 0 aliphatic carbocycles. The molecule has 0 fully saturated rings. The third-order valence-corrected chi connectivity index (χ3v) is 4.25. The monoisotopic (exact) mass is 262 g/mol. The molecule has 0 aliphatic rings. The number of aliphatic hydroxyl groups is 1. The fraction of sp³-hybridized carbons (Fsp3) is 0.667. The van der Waals surface area contributed by atoms with Gasteiger partial charge in [0.25, 0.3) is 0 Å². The van der Waals surface area contributed by atoms with Gasteiger partial charge in [0.05, 0.1) is 6.10 Å². The average molecular weight is 262 g/mol. The largest absolute Gasteiger partial charge is 0.393 e. The molecule has 3 unspecified atom stereocenters. The molecule has 0 heterocycles. The summed E-state index contributed by atoms with van der Waals surface area (Å²) in [4.78, 5) is 0. The summed E-state index contributed by atoms with van der Waals surface area (Å²) < 4.78 is 0. The van der Waals surface area contributed by atoms with E-state index >= 15 is 0 Å². The van der Waals surface area contributed by atoms with Crippen LogP contribution in [0.25, 0.3) is 0 Å². The van der Waals surface area contributed by atoms with Crippen molar-refractivity contribution < 1.29 is 5.11 Å². The van der Waals surface area contributed by atoms with Crippen molar-refractivity contribution in [3.8, 4) is 0 Å². The molecule has 0 bridgehead atoms. The lowest BCUT2D eigenvalue weighted by Gasteiger charge is -2.27. The highest BCUT2D eigenvalue weighted by Gasteiger charge is 2.22. The van der Waals surface area contributed by atoms with Gasteiger partial charge in [-0.2, -0.15) is 0 Å². The Labute approximate surface area is 119 Å². The normalized spacial score (nSPS) is 16.0. The van der Waals surface area contributed by atoms with E-state index in [0.717, 1.165) is 25.7 Å². The smallest absolute Gasteiger partial charge is 0.0593 e. The maximum atomic E-state index is 10.5. The van der Waals surface area contributed by atoms with Crippen LogP contribution in [0.3, 0.4) is 0 Å². The van der Waals surface area contributed by atoms with Crippen molar-refractivity contribution in [1.82, 2.24) is 0 Å². The fourth-order valence-corrected chi connectivity index (χ4v) is 2.77. The van der Waals surface area contributed by atoms with E-state index in [2.05, 4.69) is 51.1 Å². The quantitative estimate of drug-likeness (QED) is 0.675. The molecule has 3 atom stereocenters. The zero-order valence-corrected chi connectivity index (χ0v) is 12.8.